The van der Waals surface area contributed by atoms with E-state index in [1.807, 2.05) is 6.92 Å². The van der Waals surface area contributed by atoms with Crippen molar-refractivity contribution in [2.75, 3.05) is 6.54 Å². The van der Waals surface area contributed by atoms with Crippen LogP contribution in [0.3, 0.4) is 0 Å². The van der Waals surface area contributed by atoms with Crippen LogP contribution in [0.1, 0.15) is 36.9 Å². The molecule has 0 aromatic carbocycles. The van der Waals surface area contributed by atoms with Crippen molar-refractivity contribution in [2.24, 2.45) is 12.8 Å². The van der Waals surface area contributed by atoms with Gasteiger partial charge >= 0.3 is 0 Å². The molecule has 1 aromatic heterocycles. The zero-order chi connectivity index (χ0) is 13.6. The Bertz CT molecular complexity index is 446. The van der Waals surface area contributed by atoms with Crippen LogP contribution in [0.25, 0.3) is 0 Å². The van der Waals surface area contributed by atoms with Crippen LogP contribution >= 0.6 is 11.6 Å². The topological polar surface area (TPSA) is 43.8 Å². The Balaban J connectivity index is 2.40. The molecule has 2 rings (SSSR count). The van der Waals surface area contributed by atoms with Crippen LogP contribution in [-0.2, 0) is 12.5 Å². The summed E-state index contributed by atoms with van der Waals surface area (Å²) in [4.78, 5) is 0. The number of halogens is 3. The molecular weight excluding hydrogens is 260 g/mol. The summed E-state index contributed by atoms with van der Waals surface area (Å²) in [7, 11) is 1.75. The molecular formula is C12H18ClF2N3. The first-order chi connectivity index (χ1) is 8.31. The first kappa shape index (κ1) is 13.7. The molecule has 1 fully saturated rings. The standard InChI is InChI=1S/C12H18ClF2N3/c1-8-9(10(13)18(2)17-8)11(7-16)3-5-12(14,15)6-4-11/h3-7,16H2,1-2H3. The smallest absolute Gasteiger partial charge is 0.248 e. The normalized spacial score (nSPS) is 22.1. The number of nitrogens with two attached hydrogens (primary N) is 1. The summed E-state index contributed by atoms with van der Waals surface area (Å²) in [6.45, 7) is 2.18. The molecule has 1 heterocycles. The lowest BCUT2D eigenvalue weighted by atomic mass is 9.68. The van der Waals surface area contributed by atoms with Crippen LogP contribution < -0.4 is 5.73 Å². The molecule has 0 amide bonds. The molecule has 0 atom stereocenters. The first-order valence-corrected chi connectivity index (χ1v) is 6.47. The van der Waals surface area contributed by atoms with Crippen molar-refractivity contribution in [2.45, 2.75) is 43.9 Å². The predicted octanol–water partition coefficient (Wildman–Crippen LogP) is 2.79. The fourth-order valence-corrected chi connectivity index (χ4v) is 3.26. The van der Waals surface area contributed by atoms with Crippen LogP contribution in [0.15, 0.2) is 0 Å². The summed E-state index contributed by atoms with van der Waals surface area (Å²) < 4.78 is 28.2. The van der Waals surface area contributed by atoms with Gasteiger partial charge in [0.15, 0.2) is 0 Å². The molecule has 0 unspecified atom stereocenters. The molecule has 0 aliphatic heterocycles. The van der Waals surface area contributed by atoms with Gasteiger partial charge in [0.25, 0.3) is 0 Å². The number of rotatable bonds is 2. The molecule has 0 saturated heterocycles. The van der Waals surface area contributed by atoms with Crippen LogP contribution in [0, 0.1) is 6.92 Å². The molecule has 18 heavy (non-hydrogen) atoms. The second kappa shape index (κ2) is 4.46. The molecule has 0 bridgehead atoms. The van der Waals surface area contributed by atoms with Crippen molar-refractivity contribution in [1.29, 1.82) is 0 Å². The zero-order valence-electron chi connectivity index (χ0n) is 10.6. The van der Waals surface area contributed by atoms with Crippen molar-refractivity contribution >= 4 is 11.6 Å². The van der Waals surface area contributed by atoms with Gasteiger partial charge in [-0.1, -0.05) is 11.6 Å². The van der Waals surface area contributed by atoms with E-state index in [4.69, 9.17) is 17.3 Å². The monoisotopic (exact) mass is 277 g/mol. The maximum Gasteiger partial charge on any atom is 0.248 e. The second-order valence-corrected chi connectivity index (χ2v) is 5.57. The SMILES string of the molecule is Cc1nn(C)c(Cl)c1C1(CN)CCC(F)(F)CC1. The van der Waals surface area contributed by atoms with Gasteiger partial charge in [0.05, 0.1) is 5.69 Å². The van der Waals surface area contributed by atoms with E-state index in [1.54, 1.807) is 11.7 Å². The van der Waals surface area contributed by atoms with Crippen LogP contribution in [0.2, 0.25) is 5.15 Å². The zero-order valence-corrected chi connectivity index (χ0v) is 11.4. The molecule has 3 nitrogen and oxygen atoms in total. The Kier molecular flexibility index (Phi) is 3.40. The van der Waals surface area contributed by atoms with E-state index in [0.717, 1.165) is 11.3 Å². The van der Waals surface area contributed by atoms with E-state index in [0.29, 0.717) is 24.5 Å². The highest BCUT2D eigenvalue weighted by molar-refractivity contribution is 6.30. The molecule has 1 saturated carbocycles. The van der Waals surface area contributed by atoms with E-state index in [-0.39, 0.29) is 12.8 Å². The van der Waals surface area contributed by atoms with Crippen molar-refractivity contribution in [1.82, 2.24) is 9.78 Å². The first-order valence-electron chi connectivity index (χ1n) is 6.09. The second-order valence-electron chi connectivity index (χ2n) is 5.22. The summed E-state index contributed by atoms with van der Waals surface area (Å²) in [5.74, 6) is -2.57. The maximum atomic E-state index is 13.3. The average Bonchev–Trinajstić information content (AvgIpc) is 2.56. The molecule has 102 valence electrons. The van der Waals surface area contributed by atoms with Gasteiger partial charge < -0.3 is 5.73 Å². The highest BCUT2D eigenvalue weighted by Gasteiger charge is 2.45. The van der Waals surface area contributed by atoms with E-state index in [1.165, 1.54) is 0 Å². The summed E-state index contributed by atoms with van der Waals surface area (Å²) in [5.41, 5.74) is 7.06. The van der Waals surface area contributed by atoms with Gasteiger partial charge in [-0.3, -0.25) is 4.68 Å². The number of hydrogen-bond donors (Lipinski definition) is 1. The Morgan fingerprint density at radius 2 is 1.89 bits per heavy atom. The van der Waals surface area contributed by atoms with Crippen molar-refractivity contribution < 1.29 is 8.78 Å². The van der Waals surface area contributed by atoms with Gasteiger partial charge in [0.1, 0.15) is 5.15 Å². The highest BCUT2D eigenvalue weighted by Crippen LogP contribution is 2.47. The number of aryl methyl sites for hydroxylation is 2. The van der Waals surface area contributed by atoms with Gasteiger partial charge in [-0.25, -0.2) is 8.78 Å². The van der Waals surface area contributed by atoms with E-state index >= 15 is 0 Å². The lowest BCUT2D eigenvalue weighted by Crippen LogP contribution is -2.42. The molecule has 1 aromatic rings. The maximum absolute atomic E-state index is 13.3. The van der Waals surface area contributed by atoms with Gasteiger partial charge in [-0.2, -0.15) is 5.10 Å². The fourth-order valence-electron chi connectivity index (χ4n) is 2.88. The lowest BCUT2D eigenvalue weighted by Gasteiger charge is -2.39. The largest absolute Gasteiger partial charge is 0.330 e. The minimum absolute atomic E-state index is 0.130. The summed E-state index contributed by atoms with van der Waals surface area (Å²) >= 11 is 6.24. The van der Waals surface area contributed by atoms with Gasteiger partial charge in [-0.15, -0.1) is 0 Å². The van der Waals surface area contributed by atoms with E-state index in [2.05, 4.69) is 5.10 Å². The summed E-state index contributed by atoms with van der Waals surface area (Å²) in [6.07, 6.45) is 0.467. The van der Waals surface area contributed by atoms with Crippen LogP contribution in [0.4, 0.5) is 8.78 Å². The number of aromatic nitrogens is 2. The Morgan fingerprint density at radius 1 is 1.33 bits per heavy atom. The third-order valence-corrected chi connectivity index (χ3v) is 4.45. The number of nitrogens with zero attached hydrogens (tertiary/aromatic N) is 2. The Labute approximate surface area is 110 Å². The lowest BCUT2D eigenvalue weighted by molar-refractivity contribution is -0.0509. The molecule has 6 heteroatoms. The highest BCUT2D eigenvalue weighted by atomic mass is 35.5. The fraction of sp³-hybridized carbons (Fsp3) is 0.750. The Hall–Kier alpha value is -0.680. The predicted molar refractivity (Wildman–Crippen MR) is 67.1 cm³/mol. The van der Waals surface area contributed by atoms with Gasteiger partial charge in [0, 0.05) is 37.4 Å². The van der Waals surface area contributed by atoms with Crippen molar-refractivity contribution in [3.05, 3.63) is 16.4 Å². The van der Waals surface area contributed by atoms with Gasteiger partial charge in [0.2, 0.25) is 5.92 Å². The molecule has 0 spiro atoms. The molecule has 2 N–H and O–H groups in total. The minimum Gasteiger partial charge on any atom is -0.330 e. The number of hydrogen-bond acceptors (Lipinski definition) is 2. The van der Waals surface area contributed by atoms with Crippen molar-refractivity contribution in [3.8, 4) is 0 Å². The quantitative estimate of drug-likeness (QED) is 0.903. The average molecular weight is 278 g/mol. The van der Waals surface area contributed by atoms with Crippen molar-refractivity contribution in [3.63, 3.8) is 0 Å². The molecule has 1 aliphatic carbocycles. The van der Waals surface area contributed by atoms with E-state index in [9.17, 15) is 8.78 Å². The third-order valence-electron chi connectivity index (χ3n) is 4.01. The minimum atomic E-state index is -2.57. The summed E-state index contributed by atoms with van der Waals surface area (Å²) in [5, 5.41) is 4.77. The molecule has 1 aliphatic rings. The number of alkyl halides is 2. The summed E-state index contributed by atoms with van der Waals surface area (Å²) in [6, 6.07) is 0. The Morgan fingerprint density at radius 3 is 2.28 bits per heavy atom. The van der Waals surface area contributed by atoms with E-state index < -0.39 is 11.3 Å². The third kappa shape index (κ3) is 2.14. The van der Waals surface area contributed by atoms with Gasteiger partial charge in [-0.05, 0) is 19.8 Å². The molecule has 0 radical (unpaired) electrons. The van der Waals surface area contributed by atoms with Crippen LogP contribution in [0.5, 0.6) is 0 Å². The van der Waals surface area contributed by atoms with Crippen LogP contribution in [-0.4, -0.2) is 22.2 Å².